The largest absolute Gasteiger partial charge is 0.462 e. The maximum Gasteiger partial charge on any atom is 0.341 e. The van der Waals surface area contributed by atoms with Gasteiger partial charge in [0, 0.05) is 15.6 Å². The number of nitrogen functional groups attached to an aromatic ring is 1. The molecule has 1 atom stereocenters. The number of benzene rings is 2. The highest BCUT2D eigenvalue weighted by Crippen LogP contribution is 2.36. The molecule has 3 N–H and O–H groups in total. The molecule has 0 unspecified atom stereocenters. The Kier molecular flexibility index (Phi) is 7.50. The Balaban J connectivity index is 1.78. The Morgan fingerprint density at radius 1 is 1.06 bits per heavy atom. The highest BCUT2D eigenvalue weighted by molar-refractivity contribution is 7.20. The summed E-state index contributed by atoms with van der Waals surface area (Å²) < 4.78 is 10.4. The number of halogens is 1. The number of hydrogen-bond acceptors (Lipinski definition) is 7. The predicted octanol–water partition coefficient (Wildman–Crippen LogP) is 5.01. The number of carbonyl (C=O) groups is 3. The van der Waals surface area contributed by atoms with Gasteiger partial charge in [0.05, 0.1) is 17.7 Å². The van der Waals surface area contributed by atoms with E-state index in [-0.39, 0.29) is 23.4 Å². The molecule has 0 fully saturated rings. The minimum Gasteiger partial charge on any atom is -0.462 e. The van der Waals surface area contributed by atoms with Crippen molar-refractivity contribution in [2.75, 3.05) is 17.7 Å². The SMILES string of the molecule is CCOC(=O)c1cc(-c2ccccc2)sc1NC(=O)[C@H](C)OC(=O)c1ccc(Cl)cc1N. The lowest BCUT2D eigenvalue weighted by atomic mass is 10.1. The predicted molar refractivity (Wildman–Crippen MR) is 125 cm³/mol. The molecule has 2 aromatic carbocycles. The quantitative estimate of drug-likeness (QED) is 0.369. The van der Waals surface area contributed by atoms with E-state index in [4.69, 9.17) is 26.8 Å². The Morgan fingerprint density at radius 2 is 1.78 bits per heavy atom. The molecule has 166 valence electrons. The second-order valence-corrected chi connectivity index (χ2v) is 8.20. The number of carbonyl (C=O) groups excluding carboxylic acids is 3. The van der Waals surface area contributed by atoms with Crippen molar-refractivity contribution in [3.8, 4) is 10.4 Å². The van der Waals surface area contributed by atoms with Gasteiger partial charge >= 0.3 is 11.9 Å². The number of thiophene rings is 1. The zero-order chi connectivity index (χ0) is 23.3. The second-order valence-electron chi connectivity index (χ2n) is 6.71. The van der Waals surface area contributed by atoms with Gasteiger partial charge in [0.1, 0.15) is 5.00 Å². The molecule has 0 saturated carbocycles. The summed E-state index contributed by atoms with van der Waals surface area (Å²) in [6.07, 6.45) is -1.14. The van der Waals surface area contributed by atoms with Crippen LogP contribution in [0.2, 0.25) is 5.02 Å². The fourth-order valence-electron chi connectivity index (χ4n) is 2.80. The minimum absolute atomic E-state index is 0.101. The zero-order valence-corrected chi connectivity index (χ0v) is 19.0. The average molecular weight is 473 g/mol. The van der Waals surface area contributed by atoms with Crippen molar-refractivity contribution in [3.63, 3.8) is 0 Å². The van der Waals surface area contributed by atoms with Gasteiger partial charge in [-0.25, -0.2) is 9.59 Å². The molecule has 3 aromatic rings. The van der Waals surface area contributed by atoms with Gasteiger partial charge in [0.25, 0.3) is 5.91 Å². The topological polar surface area (TPSA) is 108 Å². The Morgan fingerprint density at radius 3 is 2.44 bits per heavy atom. The maximum absolute atomic E-state index is 12.7. The van der Waals surface area contributed by atoms with E-state index in [1.165, 1.54) is 36.5 Å². The highest BCUT2D eigenvalue weighted by Gasteiger charge is 2.24. The summed E-state index contributed by atoms with van der Waals surface area (Å²) in [7, 11) is 0. The van der Waals surface area contributed by atoms with Crippen molar-refractivity contribution >= 4 is 51.5 Å². The third-order valence-corrected chi connectivity index (χ3v) is 5.74. The van der Waals surface area contributed by atoms with Gasteiger partial charge in [-0.2, -0.15) is 0 Å². The van der Waals surface area contributed by atoms with E-state index in [1.54, 1.807) is 13.0 Å². The first-order valence-corrected chi connectivity index (χ1v) is 10.9. The Labute approximate surface area is 194 Å². The summed E-state index contributed by atoms with van der Waals surface area (Å²) in [5.74, 6) is -1.92. The van der Waals surface area contributed by atoms with Gasteiger partial charge in [-0.05, 0) is 43.7 Å². The first-order valence-electron chi connectivity index (χ1n) is 9.73. The molecule has 1 heterocycles. The summed E-state index contributed by atoms with van der Waals surface area (Å²) in [4.78, 5) is 38.3. The summed E-state index contributed by atoms with van der Waals surface area (Å²) in [5, 5.41) is 3.35. The molecule has 0 aliphatic heterocycles. The van der Waals surface area contributed by atoms with Gasteiger partial charge in [-0.1, -0.05) is 41.9 Å². The van der Waals surface area contributed by atoms with Crippen molar-refractivity contribution in [1.82, 2.24) is 0 Å². The normalized spacial score (nSPS) is 11.5. The summed E-state index contributed by atoms with van der Waals surface area (Å²) >= 11 is 7.07. The molecular weight excluding hydrogens is 452 g/mol. The van der Waals surface area contributed by atoms with Crippen LogP contribution in [-0.2, 0) is 14.3 Å². The van der Waals surface area contributed by atoms with Crippen LogP contribution in [0.15, 0.2) is 54.6 Å². The number of nitrogens with two attached hydrogens (primary N) is 1. The van der Waals surface area contributed by atoms with Crippen LogP contribution in [0.4, 0.5) is 10.7 Å². The Hall–Kier alpha value is -3.36. The third-order valence-electron chi connectivity index (χ3n) is 4.41. The van der Waals surface area contributed by atoms with E-state index in [9.17, 15) is 14.4 Å². The molecule has 1 aromatic heterocycles. The maximum atomic E-state index is 12.7. The van der Waals surface area contributed by atoms with E-state index in [0.717, 1.165) is 10.4 Å². The molecule has 3 rings (SSSR count). The van der Waals surface area contributed by atoms with Crippen LogP contribution in [0, 0.1) is 0 Å². The molecule has 1 amide bonds. The number of esters is 2. The van der Waals surface area contributed by atoms with Gasteiger partial charge in [0.2, 0.25) is 0 Å². The number of hydrogen-bond donors (Lipinski definition) is 2. The smallest absolute Gasteiger partial charge is 0.341 e. The molecule has 0 aliphatic carbocycles. The minimum atomic E-state index is -1.14. The molecular formula is C23H21ClN2O5S. The number of amides is 1. The van der Waals surface area contributed by atoms with Crippen LogP contribution >= 0.6 is 22.9 Å². The van der Waals surface area contributed by atoms with Crippen molar-refractivity contribution in [1.29, 1.82) is 0 Å². The number of nitrogens with one attached hydrogen (secondary N) is 1. The van der Waals surface area contributed by atoms with Gasteiger partial charge < -0.3 is 20.5 Å². The van der Waals surface area contributed by atoms with Crippen LogP contribution in [-0.4, -0.2) is 30.6 Å². The number of ether oxygens (including phenoxy) is 2. The highest BCUT2D eigenvalue weighted by atomic mass is 35.5. The van der Waals surface area contributed by atoms with E-state index < -0.39 is 23.9 Å². The molecule has 0 radical (unpaired) electrons. The first kappa shape index (κ1) is 23.3. The van der Waals surface area contributed by atoms with E-state index in [1.807, 2.05) is 30.3 Å². The fraction of sp³-hybridized carbons (Fsp3) is 0.174. The lowest BCUT2D eigenvalue weighted by Gasteiger charge is -2.14. The fourth-order valence-corrected chi connectivity index (χ4v) is 4.03. The third kappa shape index (κ3) is 5.46. The molecule has 0 saturated heterocycles. The molecule has 9 heteroatoms. The average Bonchev–Trinajstić information content (AvgIpc) is 3.18. The molecule has 0 spiro atoms. The number of rotatable bonds is 7. The second kappa shape index (κ2) is 10.3. The van der Waals surface area contributed by atoms with Crippen LogP contribution in [0.1, 0.15) is 34.6 Å². The standard InChI is InChI=1S/C23H21ClN2O5S/c1-3-30-22(28)17-12-19(14-7-5-4-6-8-14)32-21(17)26-20(27)13(2)31-23(29)16-10-9-15(24)11-18(16)25/h4-13H,3,25H2,1-2H3,(H,26,27)/t13-/m0/s1. The summed E-state index contributed by atoms with van der Waals surface area (Å²) in [5.41, 5.74) is 7.16. The van der Waals surface area contributed by atoms with Crippen molar-refractivity contribution < 1.29 is 23.9 Å². The molecule has 0 bridgehead atoms. The van der Waals surface area contributed by atoms with Gasteiger partial charge in [-0.3, -0.25) is 4.79 Å². The zero-order valence-electron chi connectivity index (χ0n) is 17.4. The summed E-state index contributed by atoms with van der Waals surface area (Å²) in [6.45, 7) is 3.32. The van der Waals surface area contributed by atoms with E-state index in [0.29, 0.717) is 10.0 Å². The van der Waals surface area contributed by atoms with Gasteiger partial charge in [0.15, 0.2) is 6.10 Å². The first-order chi connectivity index (χ1) is 15.3. The molecule has 0 aliphatic rings. The lowest BCUT2D eigenvalue weighted by molar-refractivity contribution is -0.123. The Bertz CT molecular complexity index is 1150. The lowest BCUT2D eigenvalue weighted by Crippen LogP contribution is -2.30. The summed E-state index contributed by atoms with van der Waals surface area (Å²) in [6, 6.07) is 15.4. The number of anilines is 2. The van der Waals surface area contributed by atoms with Crippen molar-refractivity contribution in [2.24, 2.45) is 0 Å². The van der Waals surface area contributed by atoms with Crippen LogP contribution in [0.25, 0.3) is 10.4 Å². The van der Waals surface area contributed by atoms with E-state index >= 15 is 0 Å². The monoisotopic (exact) mass is 472 g/mol. The van der Waals surface area contributed by atoms with Crippen LogP contribution in [0.3, 0.4) is 0 Å². The van der Waals surface area contributed by atoms with Crippen LogP contribution in [0.5, 0.6) is 0 Å². The van der Waals surface area contributed by atoms with Crippen molar-refractivity contribution in [3.05, 3.63) is 70.7 Å². The van der Waals surface area contributed by atoms with Crippen molar-refractivity contribution in [2.45, 2.75) is 20.0 Å². The van der Waals surface area contributed by atoms with Gasteiger partial charge in [-0.15, -0.1) is 11.3 Å². The molecule has 32 heavy (non-hydrogen) atoms. The van der Waals surface area contributed by atoms with Crippen LogP contribution < -0.4 is 11.1 Å². The van der Waals surface area contributed by atoms with E-state index in [2.05, 4.69) is 5.32 Å². The molecule has 7 nitrogen and oxygen atoms in total.